The summed E-state index contributed by atoms with van der Waals surface area (Å²) in [6.07, 6.45) is 2.09. The fraction of sp³-hybridized carbons (Fsp3) is 0.500. The highest BCUT2D eigenvalue weighted by Gasteiger charge is 2.46. The molecule has 2 rings (SSSR count). The summed E-state index contributed by atoms with van der Waals surface area (Å²) in [6, 6.07) is 6.93. The van der Waals surface area contributed by atoms with E-state index in [1.165, 1.54) is 4.90 Å². The van der Waals surface area contributed by atoms with Gasteiger partial charge in [-0.15, -0.1) is 0 Å². The van der Waals surface area contributed by atoms with Crippen LogP contribution in [0, 0.1) is 0 Å². The Morgan fingerprint density at radius 1 is 1.43 bits per heavy atom. The highest BCUT2D eigenvalue weighted by Crippen LogP contribution is 2.31. The van der Waals surface area contributed by atoms with Crippen LogP contribution in [0.3, 0.4) is 0 Å². The van der Waals surface area contributed by atoms with Gasteiger partial charge in [-0.05, 0) is 44.4 Å². The average Bonchev–Trinajstić information content (AvgIpc) is 2.88. The van der Waals surface area contributed by atoms with Gasteiger partial charge in [-0.2, -0.15) is 0 Å². The summed E-state index contributed by atoms with van der Waals surface area (Å²) in [6.45, 7) is 4.69. The topological polar surface area (TPSA) is 66.8 Å². The van der Waals surface area contributed by atoms with Crippen molar-refractivity contribution in [3.63, 3.8) is 0 Å². The van der Waals surface area contributed by atoms with Gasteiger partial charge < -0.3 is 14.7 Å². The average molecular weight is 291 g/mol. The third-order valence-corrected chi connectivity index (χ3v) is 3.90. The maximum atomic E-state index is 12.6. The van der Waals surface area contributed by atoms with E-state index in [-0.39, 0.29) is 5.91 Å². The first-order valence-electron chi connectivity index (χ1n) is 7.27. The molecule has 0 radical (unpaired) electrons. The number of carboxylic acid groups (broad SMARTS) is 1. The third-order valence-electron chi connectivity index (χ3n) is 3.90. The molecule has 1 unspecified atom stereocenters. The van der Waals surface area contributed by atoms with E-state index >= 15 is 0 Å². The van der Waals surface area contributed by atoms with Crippen LogP contribution in [0.15, 0.2) is 24.3 Å². The Kier molecular flexibility index (Phi) is 4.50. The summed E-state index contributed by atoms with van der Waals surface area (Å²) in [4.78, 5) is 25.5. The molecule has 5 nitrogen and oxygen atoms in total. The van der Waals surface area contributed by atoms with Crippen LogP contribution >= 0.6 is 0 Å². The number of ether oxygens (including phenoxy) is 1. The molecule has 1 fully saturated rings. The van der Waals surface area contributed by atoms with Crippen LogP contribution < -0.4 is 4.74 Å². The first-order valence-corrected chi connectivity index (χ1v) is 7.27. The molecule has 1 amide bonds. The Hall–Kier alpha value is -2.04. The van der Waals surface area contributed by atoms with Gasteiger partial charge in [-0.25, -0.2) is 4.79 Å². The third kappa shape index (κ3) is 3.01. The summed E-state index contributed by atoms with van der Waals surface area (Å²) in [7, 11) is 0. The summed E-state index contributed by atoms with van der Waals surface area (Å²) in [5.74, 6) is -0.565. The van der Waals surface area contributed by atoms with E-state index in [0.29, 0.717) is 37.3 Å². The fourth-order valence-electron chi connectivity index (χ4n) is 2.61. The van der Waals surface area contributed by atoms with E-state index in [1.54, 1.807) is 31.2 Å². The minimum absolute atomic E-state index is 0.251. The van der Waals surface area contributed by atoms with Crippen molar-refractivity contribution in [3.8, 4) is 5.75 Å². The second kappa shape index (κ2) is 6.16. The second-order valence-corrected chi connectivity index (χ2v) is 5.52. The van der Waals surface area contributed by atoms with Crippen molar-refractivity contribution in [2.75, 3.05) is 13.2 Å². The summed E-state index contributed by atoms with van der Waals surface area (Å²) in [5.41, 5.74) is -0.643. The predicted octanol–water partition coefficient (Wildman–Crippen LogP) is 2.55. The lowest BCUT2D eigenvalue weighted by Gasteiger charge is -2.31. The van der Waals surface area contributed by atoms with E-state index < -0.39 is 11.5 Å². The number of likely N-dealkylation sites (tertiary alicyclic amines) is 1. The van der Waals surface area contributed by atoms with Crippen LogP contribution in [0.2, 0.25) is 0 Å². The zero-order valence-electron chi connectivity index (χ0n) is 12.5. The number of carbonyl (C=O) groups excluding carboxylic acids is 1. The molecule has 1 aliphatic rings. The molecule has 114 valence electrons. The van der Waals surface area contributed by atoms with Crippen LogP contribution in [0.5, 0.6) is 5.75 Å². The van der Waals surface area contributed by atoms with Crippen LogP contribution in [0.25, 0.3) is 0 Å². The van der Waals surface area contributed by atoms with E-state index in [0.717, 1.165) is 6.42 Å². The molecular formula is C16H21NO4. The molecule has 1 aromatic rings. The van der Waals surface area contributed by atoms with Gasteiger partial charge in [-0.3, -0.25) is 4.79 Å². The molecule has 1 N–H and O–H groups in total. The molecule has 0 saturated carbocycles. The minimum atomic E-state index is -1.11. The van der Waals surface area contributed by atoms with Crippen molar-refractivity contribution < 1.29 is 19.4 Å². The molecule has 0 bridgehead atoms. The number of rotatable bonds is 5. The predicted molar refractivity (Wildman–Crippen MR) is 78.5 cm³/mol. The van der Waals surface area contributed by atoms with Gasteiger partial charge in [-0.1, -0.05) is 13.0 Å². The molecule has 5 heteroatoms. The monoisotopic (exact) mass is 291 g/mol. The van der Waals surface area contributed by atoms with E-state index in [2.05, 4.69) is 0 Å². The summed E-state index contributed by atoms with van der Waals surface area (Å²) >= 11 is 0. The van der Waals surface area contributed by atoms with Crippen molar-refractivity contribution in [1.82, 2.24) is 4.90 Å². The number of hydrogen-bond donors (Lipinski definition) is 1. The lowest BCUT2D eigenvalue weighted by atomic mass is 9.98. The molecule has 0 spiro atoms. The summed E-state index contributed by atoms with van der Waals surface area (Å²) in [5, 5.41) is 9.39. The second-order valence-electron chi connectivity index (χ2n) is 5.52. The number of aliphatic carboxylic acids is 1. The van der Waals surface area contributed by atoms with Gasteiger partial charge in [0, 0.05) is 12.1 Å². The van der Waals surface area contributed by atoms with Gasteiger partial charge in [0.1, 0.15) is 11.3 Å². The SMILES string of the molecule is CCCOc1cccc(C(=O)N2CCCC2(C)C(=O)O)c1. The quantitative estimate of drug-likeness (QED) is 0.905. The zero-order chi connectivity index (χ0) is 15.5. The molecule has 1 aliphatic heterocycles. The van der Waals surface area contributed by atoms with Crippen molar-refractivity contribution in [2.45, 2.75) is 38.6 Å². The number of hydrogen-bond acceptors (Lipinski definition) is 3. The molecule has 21 heavy (non-hydrogen) atoms. The Balaban J connectivity index is 2.21. The van der Waals surface area contributed by atoms with Crippen LogP contribution in [-0.4, -0.2) is 40.6 Å². The highest BCUT2D eigenvalue weighted by atomic mass is 16.5. The van der Waals surface area contributed by atoms with E-state index in [9.17, 15) is 14.7 Å². The largest absolute Gasteiger partial charge is 0.494 e. The van der Waals surface area contributed by atoms with Crippen LogP contribution in [0.1, 0.15) is 43.5 Å². The van der Waals surface area contributed by atoms with Gasteiger partial charge >= 0.3 is 5.97 Å². The molecule has 1 saturated heterocycles. The molecule has 1 heterocycles. The molecule has 1 atom stereocenters. The van der Waals surface area contributed by atoms with E-state index in [4.69, 9.17) is 4.74 Å². The maximum absolute atomic E-state index is 12.6. The normalized spacial score (nSPS) is 21.3. The number of carboxylic acids is 1. The van der Waals surface area contributed by atoms with Crippen molar-refractivity contribution in [3.05, 3.63) is 29.8 Å². The van der Waals surface area contributed by atoms with Crippen molar-refractivity contribution >= 4 is 11.9 Å². The first kappa shape index (κ1) is 15.4. The van der Waals surface area contributed by atoms with Gasteiger partial charge in [0.15, 0.2) is 0 Å². The molecule has 1 aromatic carbocycles. The Morgan fingerprint density at radius 2 is 2.19 bits per heavy atom. The molecule has 0 aliphatic carbocycles. The Labute approximate surface area is 124 Å². The molecular weight excluding hydrogens is 270 g/mol. The lowest BCUT2D eigenvalue weighted by Crippen LogP contribution is -2.50. The standard InChI is InChI=1S/C16H21NO4/c1-3-10-21-13-7-4-6-12(11-13)14(18)17-9-5-8-16(17,2)15(19)20/h4,6-7,11H,3,5,8-10H2,1-2H3,(H,19,20). The van der Waals surface area contributed by atoms with E-state index in [1.807, 2.05) is 6.92 Å². The van der Waals surface area contributed by atoms with Crippen molar-refractivity contribution in [2.24, 2.45) is 0 Å². The lowest BCUT2D eigenvalue weighted by molar-refractivity contribution is -0.147. The molecule has 0 aromatic heterocycles. The van der Waals surface area contributed by atoms with Gasteiger partial charge in [0.05, 0.1) is 6.61 Å². The smallest absolute Gasteiger partial charge is 0.329 e. The van der Waals surface area contributed by atoms with Gasteiger partial charge in [0.2, 0.25) is 0 Å². The number of nitrogens with zero attached hydrogens (tertiary/aromatic N) is 1. The number of amides is 1. The minimum Gasteiger partial charge on any atom is -0.494 e. The zero-order valence-corrected chi connectivity index (χ0v) is 12.5. The number of carbonyl (C=O) groups is 2. The highest BCUT2D eigenvalue weighted by molar-refractivity contribution is 5.98. The fourth-order valence-corrected chi connectivity index (χ4v) is 2.61. The summed E-state index contributed by atoms with van der Waals surface area (Å²) < 4.78 is 5.52. The Morgan fingerprint density at radius 3 is 2.86 bits per heavy atom. The Bertz CT molecular complexity index is 543. The first-order chi connectivity index (χ1) is 9.99. The maximum Gasteiger partial charge on any atom is 0.329 e. The number of benzene rings is 1. The van der Waals surface area contributed by atoms with Crippen molar-refractivity contribution in [1.29, 1.82) is 0 Å². The van der Waals surface area contributed by atoms with Crippen LogP contribution in [-0.2, 0) is 4.79 Å². The van der Waals surface area contributed by atoms with Crippen LogP contribution in [0.4, 0.5) is 0 Å². The van der Waals surface area contributed by atoms with Gasteiger partial charge in [0.25, 0.3) is 5.91 Å².